The van der Waals surface area contributed by atoms with Gasteiger partial charge in [0, 0.05) is 11.1 Å². The Kier molecular flexibility index (Phi) is 4.98. The molecule has 0 radical (unpaired) electrons. The molecule has 1 N–H and O–H groups in total. The molecular formula is C19H13F2NO5. The molecule has 0 unspecified atom stereocenters. The number of halogens is 2. The normalized spacial score (nSPS) is 15.2. The van der Waals surface area contributed by atoms with E-state index in [-0.39, 0.29) is 16.9 Å². The number of carboxylic acids is 1. The van der Waals surface area contributed by atoms with Crippen LogP contribution in [0, 0.1) is 0 Å². The predicted molar refractivity (Wildman–Crippen MR) is 91.1 cm³/mol. The van der Waals surface area contributed by atoms with E-state index in [1.807, 2.05) is 0 Å². The summed E-state index contributed by atoms with van der Waals surface area (Å²) in [6.45, 7) is -3.71. The Hall–Kier alpha value is -3.55. The van der Waals surface area contributed by atoms with Crippen molar-refractivity contribution in [1.29, 1.82) is 0 Å². The van der Waals surface area contributed by atoms with Crippen LogP contribution in [0.5, 0.6) is 5.75 Å². The van der Waals surface area contributed by atoms with Crippen LogP contribution in [0.4, 0.5) is 8.78 Å². The van der Waals surface area contributed by atoms with Gasteiger partial charge in [-0.3, -0.25) is 19.3 Å². The second-order valence-electron chi connectivity index (χ2n) is 5.64. The van der Waals surface area contributed by atoms with Gasteiger partial charge < -0.3 is 9.84 Å². The first-order valence-electron chi connectivity index (χ1n) is 7.81. The monoisotopic (exact) mass is 373 g/mol. The van der Waals surface area contributed by atoms with Gasteiger partial charge in [0.1, 0.15) is 12.3 Å². The molecule has 138 valence electrons. The summed E-state index contributed by atoms with van der Waals surface area (Å²) in [6.07, 6.45) is 1.47. The second kappa shape index (κ2) is 7.36. The van der Waals surface area contributed by atoms with Gasteiger partial charge in [0.25, 0.3) is 11.8 Å². The fourth-order valence-corrected chi connectivity index (χ4v) is 2.73. The molecule has 0 fully saturated rings. The maximum absolute atomic E-state index is 12.7. The van der Waals surface area contributed by atoms with Gasteiger partial charge in [-0.1, -0.05) is 30.3 Å². The first kappa shape index (κ1) is 18.2. The average molecular weight is 373 g/mol. The highest BCUT2D eigenvalue weighted by atomic mass is 19.3. The van der Waals surface area contributed by atoms with Gasteiger partial charge in [-0.05, 0) is 35.4 Å². The lowest BCUT2D eigenvalue weighted by molar-refractivity contribution is -0.141. The van der Waals surface area contributed by atoms with Crippen molar-refractivity contribution in [3.05, 3.63) is 65.2 Å². The van der Waals surface area contributed by atoms with Crippen LogP contribution in [0.25, 0.3) is 11.6 Å². The third-order valence-electron chi connectivity index (χ3n) is 3.88. The van der Waals surface area contributed by atoms with Crippen LogP contribution in [-0.2, 0) is 9.59 Å². The molecule has 0 aliphatic carbocycles. The van der Waals surface area contributed by atoms with Crippen molar-refractivity contribution in [1.82, 2.24) is 4.90 Å². The molecule has 0 spiro atoms. The number of imide groups is 1. The molecule has 1 aliphatic rings. The lowest BCUT2D eigenvalue weighted by Crippen LogP contribution is -2.44. The van der Waals surface area contributed by atoms with Gasteiger partial charge in [0.2, 0.25) is 0 Å². The Morgan fingerprint density at radius 2 is 1.67 bits per heavy atom. The molecule has 0 bridgehead atoms. The highest BCUT2D eigenvalue weighted by Gasteiger charge is 2.35. The van der Waals surface area contributed by atoms with Gasteiger partial charge in [-0.15, -0.1) is 0 Å². The molecule has 8 heteroatoms. The molecule has 2 aromatic rings. The van der Waals surface area contributed by atoms with Crippen LogP contribution in [0.15, 0.2) is 48.5 Å². The number of carbonyl (C=O) groups is 3. The number of ether oxygens (including phenoxy) is 1. The zero-order valence-corrected chi connectivity index (χ0v) is 13.8. The molecule has 3 rings (SSSR count). The number of benzene rings is 2. The standard InChI is InChI=1S/C19H13F2NO5/c20-19(21)27-12-7-5-11(6-8-12)9-15-13-3-1-2-4-14(13)17(25)22(18(15)26)10-16(23)24/h1-9,19H,10H2,(H,23,24)/b15-9-. The van der Waals surface area contributed by atoms with Crippen molar-refractivity contribution in [2.75, 3.05) is 6.54 Å². The number of amides is 2. The van der Waals surface area contributed by atoms with Gasteiger partial charge in [0.15, 0.2) is 0 Å². The van der Waals surface area contributed by atoms with Crippen molar-refractivity contribution in [2.45, 2.75) is 6.61 Å². The molecule has 1 heterocycles. The molecule has 2 aromatic carbocycles. The first-order valence-corrected chi connectivity index (χ1v) is 7.81. The topological polar surface area (TPSA) is 83.9 Å². The summed E-state index contributed by atoms with van der Waals surface area (Å²) in [5, 5.41) is 8.99. The molecule has 0 aromatic heterocycles. The van der Waals surface area contributed by atoms with Crippen molar-refractivity contribution >= 4 is 29.4 Å². The van der Waals surface area contributed by atoms with E-state index in [2.05, 4.69) is 4.74 Å². The second-order valence-corrected chi connectivity index (χ2v) is 5.64. The van der Waals surface area contributed by atoms with Crippen LogP contribution in [-0.4, -0.2) is 40.9 Å². The minimum absolute atomic E-state index is 0.0368. The number of fused-ring (bicyclic) bond motifs is 1. The number of hydrogen-bond donors (Lipinski definition) is 1. The summed E-state index contributed by atoms with van der Waals surface area (Å²) < 4.78 is 28.7. The van der Waals surface area contributed by atoms with Crippen LogP contribution >= 0.6 is 0 Å². The van der Waals surface area contributed by atoms with E-state index in [0.29, 0.717) is 16.0 Å². The maximum Gasteiger partial charge on any atom is 0.387 e. The van der Waals surface area contributed by atoms with Gasteiger partial charge in [0.05, 0.1) is 0 Å². The van der Waals surface area contributed by atoms with Gasteiger partial charge in [-0.2, -0.15) is 8.78 Å². The van der Waals surface area contributed by atoms with Crippen molar-refractivity contribution < 1.29 is 33.0 Å². The van der Waals surface area contributed by atoms with E-state index < -0.39 is 30.9 Å². The minimum atomic E-state index is -2.95. The Morgan fingerprint density at radius 1 is 1.04 bits per heavy atom. The fourth-order valence-electron chi connectivity index (χ4n) is 2.73. The molecule has 27 heavy (non-hydrogen) atoms. The number of nitrogens with zero attached hydrogens (tertiary/aromatic N) is 1. The highest BCUT2D eigenvalue weighted by molar-refractivity contribution is 6.34. The minimum Gasteiger partial charge on any atom is -0.480 e. The number of carboxylic acid groups (broad SMARTS) is 1. The largest absolute Gasteiger partial charge is 0.480 e. The summed E-state index contributed by atoms with van der Waals surface area (Å²) in [6, 6.07) is 11.9. The van der Waals surface area contributed by atoms with E-state index in [0.717, 1.165) is 0 Å². The molecule has 0 atom stereocenters. The summed E-state index contributed by atoms with van der Waals surface area (Å²) in [4.78, 5) is 36.8. The molecule has 2 amide bonds. The Balaban J connectivity index is 2.03. The molecular weight excluding hydrogens is 360 g/mol. The summed E-state index contributed by atoms with van der Waals surface area (Å²) in [7, 11) is 0. The van der Waals surface area contributed by atoms with E-state index in [1.165, 1.54) is 36.4 Å². The van der Waals surface area contributed by atoms with Crippen LogP contribution in [0.2, 0.25) is 0 Å². The number of aliphatic carboxylic acids is 1. The third kappa shape index (κ3) is 3.84. The summed E-state index contributed by atoms with van der Waals surface area (Å²) in [5.41, 5.74) is 1.22. The predicted octanol–water partition coefficient (Wildman–Crippen LogP) is 2.90. The molecule has 6 nitrogen and oxygen atoms in total. The van der Waals surface area contributed by atoms with E-state index >= 15 is 0 Å². The van der Waals surface area contributed by atoms with E-state index in [9.17, 15) is 23.2 Å². The average Bonchev–Trinajstić information content (AvgIpc) is 2.63. The quantitative estimate of drug-likeness (QED) is 0.644. The van der Waals surface area contributed by atoms with E-state index in [4.69, 9.17) is 5.11 Å². The van der Waals surface area contributed by atoms with E-state index in [1.54, 1.807) is 18.2 Å². The lowest BCUT2D eigenvalue weighted by atomic mass is 9.92. The number of carbonyl (C=O) groups excluding carboxylic acids is 2. The van der Waals surface area contributed by atoms with Crippen molar-refractivity contribution in [3.8, 4) is 5.75 Å². The number of rotatable bonds is 5. The van der Waals surface area contributed by atoms with Gasteiger partial charge in [-0.25, -0.2) is 0 Å². The maximum atomic E-state index is 12.7. The Bertz CT molecular complexity index is 937. The molecule has 1 aliphatic heterocycles. The zero-order chi connectivity index (χ0) is 19.6. The molecule has 0 saturated carbocycles. The first-order chi connectivity index (χ1) is 12.9. The SMILES string of the molecule is O=C(O)CN1C(=O)/C(=C\c2ccc(OC(F)F)cc2)c2ccccc2C1=O. The van der Waals surface area contributed by atoms with Crippen LogP contribution in [0.1, 0.15) is 21.5 Å². The van der Waals surface area contributed by atoms with Crippen molar-refractivity contribution in [2.24, 2.45) is 0 Å². The van der Waals surface area contributed by atoms with Gasteiger partial charge >= 0.3 is 12.6 Å². The summed E-state index contributed by atoms with van der Waals surface area (Å²) >= 11 is 0. The lowest BCUT2D eigenvalue weighted by Gasteiger charge is -2.27. The number of hydrogen-bond acceptors (Lipinski definition) is 4. The number of alkyl halides is 2. The van der Waals surface area contributed by atoms with Crippen LogP contribution in [0.3, 0.4) is 0 Å². The van der Waals surface area contributed by atoms with Crippen molar-refractivity contribution in [3.63, 3.8) is 0 Å². The Morgan fingerprint density at radius 3 is 2.26 bits per heavy atom. The van der Waals surface area contributed by atoms with Crippen LogP contribution < -0.4 is 4.74 Å². The zero-order valence-electron chi connectivity index (χ0n) is 13.8. The molecule has 0 saturated heterocycles. The highest BCUT2D eigenvalue weighted by Crippen LogP contribution is 2.30. The smallest absolute Gasteiger partial charge is 0.387 e. The third-order valence-corrected chi connectivity index (χ3v) is 3.88. The Labute approximate surface area is 152 Å². The fraction of sp³-hybridized carbons (Fsp3) is 0.105. The summed E-state index contributed by atoms with van der Waals surface area (Å²) in [5.74, 6) is -2.78.